The van der Waals surface area contributed by atoms with E-state index in [1.807, 2.05) is 0 Å². The first-order chi connectivity index (χ1) is 7.20. The van der Waals surface area contributed by atoms with Crippen molar-refractivity contribution in [1.29, 1.82) is 0 Å². The number of carboxylic acid groups (broad SMARTS) is 1. The summed E-state index contributed by atoms with van der Waals surface area (Å²) in [7, 11) is 0. The van der Waals surface area contributed by atoms with Crippen molar-refractivity contribution in [1.82, 2.24) is 5.32 Å². The molecule has 1 aromatic rings. The van der Waals surface area contributed by atoms with Crippen LogP contribution in [0.2, 0.25) is 0 Å². The van der Waals surface area contributed by atoms with E-state index in [-0.39, 0.29) is 24.1 Å². The van der Waals surface area contributed by atoms with Crippen LogP contribution in [0.15, 0.2) is 24.3 Å². The van der Waals surface area contributed by atoms with Crippen LogP contribution in [0.1, 0.15) is 11.5 Å². The molecular weight excluding hydrogens is 233 g/mol. The summed E-state index contributed by atoms with van der Waals surface area (Å²) in [5.74, 6) is -1.98. The van der Waals surface area contributed by atoms with Gasteiger partial charge in [0.1, 0.15) is 5.82 Å². The largest absolute Gasteiger partial charge is 0.481 e. The van der Waals surface area contributed by atoms with Crippen LogP contribution in [0.4, 0.5) is 4.39 Å². The average Bonchev–Trinajstić information content (AvgIpc) is 2.67. The van der Waals surface area contributed by atoms with Crippen LogP contribution in [0.5, 0.6) is 0 Å². The molecule has 0 bridgehead atoms. The van der Waals surface area contributed by atoms with E-state index in [0.717, 1.165) is 0 Å². The molecular formula is C11H13ClFNO2. The maximum atomic E-state index is 13.5. The van der Waals surface area contributed by atoms with E-state index in [1.54, 1.807) is 18.2 Å². The number of hydrogen-bond acceptors (Lipinski definition) is 2. The van der Waals surface area contributed by atoms with E-state index in [2.05, 4.69) is 5.32 Å². The molecule has 16 heavy (non-hydrogen) atoms. The molecule has 0 saturated carbocycles. The molecule has 2 N–H and O–H groups in total. The Kier molecular flexibility index (Phi) is 4.26. The van der Waals surface area contributed by atoms with Crippen LogP contribution >= 0.6 is 12.4 Å². The first-order valence-electron chi connectivity index (χ1n) is 4.88. The highest BCUT2D eigenvalue weighted by Gasteiger charge is 2.35. The summed E-state index contributed by atoms with van der Waals surface area (Å²) in [6.45, 7) is 0.937. The van der Waals surface area contributed by atoms with E-state index in [0.29, 0.717) is 18.7 Å². The van der Waals surface area contributed by atoms with Crippen molar-refractivity contribution in [3.05, 3.63) is 35.6 Å². The van der Waals surface area contributed by atoms with Gasteiger partial charge in [0.25, 0.3) is 0 Å². The number of nitrogens with one attached hydrogen (secondary N) is 1. The molecule has 3 nitrogen and oxygen atoms in total. The van der Waals surface area contributed by atoms with Gasteiger partial charge in [-0.15, -0.1) is 12.4 Å². The second kappa shape index (κ2) is 5.27. The van der Waals surface area contributed by atoms with Crippen LogP contribution in [0.3, 0.4) is 0 Å². The zero-order valence-corrected chi connectivity index (χ0v) is 9.34. The topological polar surface area (TPSA) is 49.3 Å². The summed E-state index contributed by atoms with van der Waals surface area (Å²) in [5.41, 5.74) is 0.495. The minimum absolute atomic E-state index is 0. The molecule has 2 rings (SSSR count). The molecule has 5 heteroatoms. The van der Waals surface area contributed by atoms with Gasteiger partial charge in [-0.25, -0.2) is 4.39 Å². The lowest BCUT2D eigenvalue weighted by Crippen LogP contribution is -2.21. The van der Waals surface area contributed by atoms with Gasteiger partial charge >= 0.3 is 5.97 Å². The van der Waals surface area contributed by atoms with E-state index >= 15 is 0 Å². The number of rotatable bonds is 2. The van der Waals surface area contributed by atoms with Crippen molar-refractivity contribution in [2.75, 3.05) is 13.1 Å². The van der Waals surface area contributed by atoms with Crippen molar-refractivity contribution in [2.45, 2.75) is 5.92 Å². The summed E-state index contributed by atoms with van der Waals surface area (Å²) < 4.78 is 13.5. The fourth-order valence-electron chi connectivity index (χ4n) is 2.04. The second-order valence-electron chi connectivity index (χ2n) is 3.73. The van der Waals surface area contributed by atoms with Gasteiger partial charge in [0.15, 0.2) is 0 Å². The van der Waals surface area contributed by atoms with E-state index in [9.17, 15) is 9.18 Å². The Hall–Kier alpha value is -1.13. The third-order valence-corrected chi connectivity index (χ3v) is 2.84. The Morgan fingerprint density at radius 3 is 2.69 bits per heavy atom. The van der Waals surface area contributed by atoms with Crippen molar-refractivity contribution in [3.8, 4) is 0 Å². The molecule has 88 valence electrons. The fourth-order valence-corrected chi connectivity index (χ4v) is 2.04. The Bertz CT molecular complexity index is 386. The minimum Gasteiger partial charge on any atom is -0.481 e. The number of halogens is 2. The summed E-state index contributed by atoms with van der Waals surface area (Å²) >= 11 is 0. The maximum absolute atomic E-state index is 13.5. The molecule has 0 aromatic heterocycles. The smallest absolute Gasteiger partial charge is 0.308 e. The van der Waals surface area contributed by atoms with Gasteiger partial charge in [-0.3, -0.25) is 4.79 Å². The summed E-state index contributed by atoms with van der Waals surface area (Å²) in [6.07, 6.45) is 0. The Balaban J connectivity index is 0.00000128. The van der Waals surface area contributed by atoms with Crippen LogP contribution in [0.25, 0.3) is 0 Å². The highest BCUT2D eigenvalue weighted by atomic mass is 35.5. The van der Waals surface area contributed by atoms with Gasteiger partial charge in [-0.2, -0.15) is 0 Å². The van der Waals surface area contributed by atoms with Crippen LogP contribution < -0.4 is 5.32 Å². The first kappa shape index (κ1) is 12.9. The quantitative estimate of drug-likeness (QED) is 0.833. The molecule has 2 atom stereocenters. The molecule has 1 aliphatic heterocycles. The lowest BCUT2D eigenvalue weighted by molar-refractivity contribution is -0.141. The first-order valence-corrected chi connectivity index (χ1v) is 4.88. The van der Waals surface area contributed by atoms with Crippen LogP contribution in [-0.2, 0) is 4.79 Å². The molecule has 0 unspecified atom stereocenters. The third-order valence-electron chi connectivity index (χ3n) is 2.84. The van der Waals surface area contributed by atoms with Crippen molar-refractivity contribution >= 4 is 18.4 Å². The standard InChI is InChI=1S/C11H12FNO2.ClH/c12-10-4-2-1-3-7(10)8-5-13-6-9(8)11(14)15;/h1-4,8-9,13H,5-6H2,(H,14,15);1H/t8-,9+;/m0./s1. The fraction of sp³-hybridized carbons (Fsp3) is 0.364. The monoisotopic (exact) mass is 245 g/mol. The number of benzene rings is 1. The van der Waals surface area contributed by atoms with Crippen molar-refractivity contribution in [2.24, 2.45) is 5.92 Å². The predicted octanol–water partition coefficient (Wildman–Crippen LogP) is 1.64. The minimum atomic E-state index is -0.867. The van der Waals surface area contributed by atoms with Crippen LogP contribution in [-0.4, -0.2) is 24.2 Å². The second-order valence-corrected chi connectivity index (χ2v) is 3.73. The third kappa shape index (κ3) is 2.33. The molecule has 1 aliphatic rings. The summed E-state index contributed by atoms with van der Waals surface area (Å²) in [5, 5.41) is 12.0. The Morgan fingerprint density at radius 1 is 1.38 bits per heavy atom. The lowest BCUT2D eigenvalue weighted by Gasteiger charge is -2.15. The zero-order chi connectivity index (χ0) is 10.8. The highest BCUT2D eigenvalue weighted by Crippen LogP contribution is 2.29. The average molecular weight is 246 g/mol. The molecule has 1 saturated heterocycles. The maximum Gasteiger partial charge on any atom is 0.308 e. The zero-order valence-electron chi connectivity index (χ0n) is 8.52. The molecule has 0 amide bonds. The number of carbonyl (C=O) groups is 1. The highest BCUT2D eigenvalue weighted by molar-refractivity contribution is 5.85. The molecule has 1 aromatic carbocycles. The van der Waals surface area contributed by atoms with Gasteiger partial charge in [-0.05, 0) is 11.6 Å². The lowest BCUT2D eigenvalue weighted by atomic mass is 9.89. The number of carboxylic acids is 1. The van der Waals surface area contributed by atoms with E-state index < -0.39 is 11.9 Å². The molecule has 0 spiro atoms. The SMILES string of the molecule is Cl.O=C(O)[C@@H]1CNC[C@H]1c1ccccc1F. The van der Waals surface area contributed by atoms with Crippen molar-refractivity contribution in [3.63, 3.8) is 0 Å². The van der Waals surface area contributed by atoms with Crippen molar-refractivity contribution < 1.29 is 14.3 Å². The normalized spacial score (nSPS) is 23.8. The van der Waals surface area contributed by atoms with Gasteiger partial charge < -0.3 is 10.4 Å². The van der Waals surface area contributed by atoms with E-state index in [4.69, 9.17) is 5.11 Å². The summed E-state index contributed by atoms with van der Waals surface area (Å²) in [6, 6.07) is 6.36. The Labute approximate surface area is 99.1 Å². The van der Waals surface area contributed by atoms with Gasteiger partial charge in [0.05, 0.1) is 5.92 Å². The molecule has 1 fully saturated rings. The number of aliphatic carboxylic acids is 1. The molecule has 0 radical (unpaired) electrons. The number of hydrogen-bond donors (Lipinski definition) is 2. The van der Waals surface area contributed by atoms with E-state index in [1.165, 1.54) is 6.07 Å². The molecule has 0 aliphatic carbocycles. The summed E-state index contributed by atoms with van der Waals surface area (Å²) in [4.78, 5) is 10.9. The molecule has 1 heterocycles. The van der Waals surface area contributed by atoms with Gasteiger partial charge in [-0.1, -0.05) is 18.2 Å². The van der Waals surface area contributed by atoms with Gasteiger partial charge in [0.2, 0.25) is 0 Å². The van der Waals surface area contributed by atoms with Gasteiger partial charge in [0, 0.05) is 19.0 Å². The Morgan fingerprint density at radius 2 is 2.06 bits per heavy atom. The van der Waals surface area contributed by atoms with Crippen LogP contribution in [0, 0.1) is 11.7 Å². The predicted molar refractivity (Wildman–Crippen MR) is 60.4 cm³/mol.